The first-order chi connectivity index (χ1) is 19.1. The minimum atomic E-state index is -4.18. The van der Waals surface area contributed by atoms with Gasteiger partial charge in [0, 0.05) is 19.2 Å². The second-order valence-corrected chi connectivity index (χ2v) is 11.2. The number of nitrogens with one attached hydrogen (secondary N) is 1. The Labute approximate surface area is 236 Å². The maximum absolute atomic E-state index is 14.0. The Morgan fingerprint density at radius 3 is 2.17 bits per heavy atom. The lowest BCUT2D eigenvalue weighted by Gasteiger charge is -2.32. The minimum absolute atomic E-state index is 0.0245. The lowest BCUT2D eigenvalue weighted by atomic mass is 10.1. The van der Waals surface area contributed by atoms with Gasteiger partial charge in [0.2, 0.25) is 11.8 Å². The van der Waals surface area contributed by atoms with E-state index in [1.54, 1.807) is 37.3 Å². The number of carbonyl (C=O) groups is 2. The molecule has 3 aromatic rings. The SMILES string of the molecule is CCCNC(=O)C(C)N(Cc1ccc(C)cc1)C(=O)CN(c1ccc(OC)c(OC)c1)S(=O)(=O)c1ccccc1. The van der Waals surface area contributed by atoms with Gasteiger partial charge in [0.05, 0.1) is 24.8 Å². The number of amides is 2. The lowest BCUT2D eigenvalue weighted by Crippen LogP contribution is -2.51. The molecule has 214 valence electrons. The van der Waals surface area contributed by atoms with E-state index in [0.717, 1.165) is 21.9 Å². The number of benzene rings is 3. The summed E-state index contributed by atoms with van der Waals surface area (Å²) in [6.45, 7) is 5.60. The summed E-state index contributed by atoms with van der Waals surface area (Å²) in [5, 5.41) is 2.84. The molecule has 1 atom stereocenters. The van der Waals surface area contributed by atoms with Gasteiger partial charge >= 0.3 is 0 Å². The zero-order valence-electron chi connectivity index (χ0n) is 23.6. The number of ether oxygens (including phenoxy) is 2. The van der Waals surface area contributed by atoms with E-state index in [9.17, 15) is 18.0 Å². The number of carbonyl (C=O) groups excluding carboxylic acids is 2. The Kier molecular flexibility index (Phi) is 10.6. The van der Waals surface area contributed by atoms with E-state index >= 15 is 0 Å². The molecule has 3 aromatic carbocycles. The molecule has 0 radical (unpaired) electrons. The Morgan fingerprint density at radius 1 is 0.925 bits per heavy atom. The number of rotatable bonds is 13. The standard InChI is InChI=1S/C30H37N3O6S/c1-6-18-31-30(35)23(3)32(20-24-14-12-22(2)13-15-24)29(34)21-33(40(36,37)26-10-8-7-9-11-26)25-16-17-27(38-4)28(19-25)39-5/h7-17,19,23H,6,18,20-21H2,1-5H3,(H,31,35). The van der Waals surface area contributed by atoms with Crippen LogP contribution in [0.1, 0.15) is 31.4 Å². The number of hydrogen-bond acceptors (Lipinski definition) is 6. The highest BCUT2D eigenvalue weighted by Gasteiger charge is 2.32. The van der Waals surface area contributed by atoms with Crippen LogP contribution in [0.5, 0.6) is 11.5 Å². The molecule has 0 saturated carbocycles. The molecule has 2 amide bonds. The number of aryl methyl sites for hydroxylation is 1. The first-order valence-electron chi connectivity index (χ1n) is 13.0. The van der Waals surface area contributed by atoms with Crippen molar-refractivity contribution in [3.8, 4) is 11.5 Å². The normalized spacial score (nSPS) is 11.8. The van der Waals surface area contributed by atoms with Crippen molar-refractivity contribution in [2.45, 2.75) is 44.7 Å². The Morgan fingerprint density at radius 2 is 1.57 bits per heavy atom. The molecule has 1 unspecified atom stereocenters. The average Bonchev–Trinajstić information content (AvgIpc) is 2.97. The number of anilines is 1. The van der Waals surface area contributed by atoms with E-state index in [-0.39, 0.29) is 23.0 Å². The highest BCUT2D eigenvalue weighted by atomic mass is 32.2. The van der Waals surface area contributed by atoms with Gasteiger partial charge < -0.3 is 19.7 Å². The first kappa shape index (κ1) is 30.5. The monoisotopic (exact) mass is 567 g/mol. The third-order valence-corrected chi connectivity index (χ3v) is 8.24. The Hall–Kier alpha value is -4.05. The van der Waals surface area contributed by atoms with Gasteiger partial charge in [-0.15, -0.1) is 0 Å². The summed E-state index contributed by atoms with van der Waals surface area (Å²) in [6.07, 6.45) is 0.743. The van der Waals surface area contributed by atoms with E-state index in [2.05, 4.69) is 5.32 Å². The first-order valence-corrected chi connectivity index (χ1v) is 14.5. The van der Waals surface area contributed by atoms with E-state index in [0.29, 0.717) is 18.0 Å². The van der Waals surface area contributed by atoms with Gasteiger partial charge in [0.15, 0.2) is 11.5 Å². The average molecular weight is 568 g/mol. The van der Waals surface area contributed by atoms with Gasteiger partial charge in [-0.1, -0.05) is 55.0 Å². The highest BCUT2D eigenvalue weighted by Crippen LogP contribution is 2.34. The summed E-state index contributed by atoms with van der Waals surface area (Å²) in [5.41, 5.74) is 2.09. The van der Waals surface area contributed by atoms with Gasteiger partial charge in [-0.3, -0.25) is 13.9 Å². The maximum atomic E-state index is 14.0. The van der Waals surface area contributed by atoms with Crippen LogP contribution >= 0.6 is 0 Å². The summed E-state index contributed by atoms with van der Waals surface area (Å²) in [6, 6.07) is 19.3. The van der Waals surface area contributed by atoms with Gasteiger partial charge in [-0.2, -0.15) is 0 Å². The molecule has 0 heterocycles. The molecule has 1 N–H and O–H groups in total. The highest BCUT2D eigenvalue weighted by molar-refractivity contribution is 7.92. The van der Waals surface area contributed by atoms with E-state index in [4.69, 9.17) is 9.47 Å². The summed E-state index contributed by atoms with van der Waals surface area (Å²) in [5.74, 6) is -0.124. The molecule has 0 aliphatic rings. The fourth-order valence-corrected chi connectivity index (χ4v) is 5.52. The topological polar surface area (TPSA) is 105 Å². The summed E-state index contributed by atoms with van der Waals surface area (Å²) < 4.78 is 39.5. The molecule has 0 spiro atoms. The zero-order chi connectivity index (χ0) is 29.3. The largest absolute Gasteiger partial charge is 0.493 e. The van der Waals surface area contributed by atoms with Crippen molar-refractivity contribution in [3.05, 3.63) is 83.9 Å². The van der Waals surface area contributed by atoms with Crippen LogP contribution in [0.25, 0.3) is 0 Å². The van der Waals surface area contributed by atoms with Crippen molar-refractivity contribution in [2.75, 3.05) is 31.6 Å². The van der Waals surface area contributed by atoms with E-state index < -0.39 is 28.5 Å². The van der Waals surface area contributed by atoms with Crippen molar-refractivity contribution < 1.29 is 27.5 Å². The fraction of sp³-hybridized carbons (Fsp3) is 0.333. The number of hydrogen-bond donors (Lipinski definition) is 1. The second kappa shape index (κ2) is 13.8. The molecule has 0 fully saturated rings. The van der Waals surface area contributed by atoms with Crippen LogP contribution in [0, 0.1) is 6.92 Å². The van der Waals surface area contributed by atoms with Crippen LogP contribution in [0.4, 0.5) is 5.69 Å². The predicted molar refractivity (Wildman–Crippen MR) is 155 cm³/mol. The molecule has 40 heavy (non-hydrogen) atoms. The molecular weight excluding hydrogens is 530 g/mol. The van der Waals surface area contributed by atoms with Gasteiger partial charge in [0.25, 0.3) is 10.0 Å². The lowest BCUT2D eigenvalue weighted by molar-refractivity contribution is -0.139. The second-order valence-electron chi connectivity index (χ2n) is 9.34. The van der Waals surface area contributed by atoms with Crippen LogP contribution in [-0.2, 0) is 26.2 Å². The smallest absolute Gasteiger partial charge is 0.264 e. The molecule has 0 aromatic heterocycles. The van der Waals surface area contributed by atoms with Crippen molar-refractivity contribution >= 4 is 27.5 Å². The van der Waals surface area contributed by atoms with Crippen LogP contribution < -0.4 is 19.1 Å². The number of sulfonamides is 1. The summed E-state index contributed by atoms with van der Waals surface area (Å²) in [7, 11) is -1.25. The van der Waals surface area contributed by atoms with Gasteiger partial charge in [-0.05, 0) is 50.1 Å². The van der Waals surface area contributed by atoms with Crippen molar-refractivity contribution in [1.29, 1.82) is 0 Å². The van der Waals surface area contributed by atoms with Gasteiger partial charge in [-0.25, -0.2) is 8.42 Å². The third kappa shape index (κ3) is 7.32. The molecular formula is C30H37N3O6S. The number of methoxy groups -OCH3 is 2. The maximum Gasteiger partial charge on any atom is 0.264 e. The molecule has 0 aliphatic heterocycles. The van der Waals surface area contributed by atoms with Crippen LogP contribution in [0.15, 0.2) is 77.7 Å². The molecule has 0 bridgehead atoms. The molecule has 3 rings (SSSR count). The fourth-order valence-electron chi connectivity index (χ4n) is 4.10. The molecule has 0 aliphatic carbocycles. The van der Waals surface area contributed by atoms with Crippen LogP contribution in [0.3, 0.4) is 0 Å². The summed E-state index contributed by atoms with van der Waals surface area (Å²) >= 11 is 0. The van der Waals surface area contributed by atoms with Crippen molar-refractivity contribution in [3.63, 3.8) is 0 Å². The van der Waals surface area contributed by atoms with E-state index in [1.807, 2.05) is 38.1 Å². The quantitative estimate of drug-likeness (QED) is 0.333. The molecule has 10 heteroatoms. The van der Waals surface area contributed by atoms with Crippen molar-refractivity contribution in [2.24, 2.45) is 0 Å². The Balaban J connectivity index is 2.06. The van der Waals surface area contributed by atoms with Crippen molar-refractivity contribution in [1.82, 2.24) is 10.2 Å². The van der Waals surface area contributed by atoms with E-state index in [1.165, 1.54) is 37.3 Å². The molecule has 9 nitrogen and oxygen atoms in total. The Bertz CT molecular complexity index is 1390. The summed E-state index contributed by atoms with van der Waals surface area (Å²) in [4.78, 5) is 28.3. The third-order valence-electron chi connectivity index (χ3n) is 6.46. The number of nitrogens with zero attached hydrogens (tertiary/aromatic N) is 2. The van der Waals surface area contributed by atoms with Crippen LogP contribution in [0.2, 0.25) is 0 Å². The van der Waals surface area contributed by atoms with Gasteiger partial charge in [0.1, 0.15) is 12.6 Å². The molecule has 0 saturated heterocycles. The van der Waals surface area contributed by atoms with Crippen LogP contribution in [-0.4, -0.2) is 58.5 Å². The zero-order valence-corrected chi connectivity index (χ0v) is 24.4. The predicted octanol–water partition coefficient (Wildman–Crippen LogP) is 4.15. The minimum Gasteiger partial charge on any atom is -0.493 e.